The number of pyridine rings is 1. The molecule has 4 aromatic rings. The summed E-state index contributed by atoms with van der Waals surface area (Å²) in [5.74, 6) is 0.741. The summed E-state index contributed by atoms with van der Waals surface area (Å²) >= 11 is 0. The first kappa shape index (κ1) is 14.8. The average Bonchev–Trinajstić information content (AvgIpc) is 3.17. The number of rotatable bonds is 2. The lowest BCUT2D eigenvalue weighted by Gasteiger charge is -2.18. The third-order valence-electron chi connectivity index (χ3n) is 4.76. The van der Waals surface area contributed by atoms with Crippen molar-refractivity contribution in [1.82, 2.24) is 19.9 Å². The molecule has 0 aliphatic carbocycles. The van der Waals surface area contributed by atoms with E-state index in [2.05, 4.69) is 16.4 Å². The minimum Gasteiger partial charge on any atom is -0.352 e. The average molecular weight is 340 g/mol. The lowest BCUT2D eigenvalue weighted by molar-refractivity contribution is 0.0946. The van der Waals surface area contributed by atoms with Crippen LogP contribution in [-0.2, 0) is 6.42 Å². The number of aromatic nitrogens is 3. The van der Waals surface area contributed by atoms with Gasteiger partial charge >= 0.3 is 0 Å². The van der Waals surface area contributed by atoms with Crippen molar-refractivity contribution in [2.75, 3.05) is 6.54 Å². The molecular weight excluding hydrogens is 324 g/mol. The molecule has 0 saturated heterocycles. The first-order valence-electron chi connectivity index (χ1n) is 8.61. The van der Waals surface area contributed by atoms with Crippen LogP contribution in [0.5, 0.6) is 0 Å². The van der Waals surface area contributed by atoms with Crippen LogP contribution in [0, 0.1) is 0 Å². The van der Waals surface area contributed by atoms with Gasteiger partial charge in [-0.3, -0.25) is 9.36 Å². The second-order valence-corrected chi connectivity index (χ2v) is 6.36. The summed E-state index contributed by atoms with van der Waals surface area (Å²) in [7, 11) is 0. The molecule has 5 rings (SSSR count). The Kier molecular flexibility index (Phi) is 3.31. The Morgan fingerprint density at radius 3 is 2.92 bits per heavy atom. The number of nitrogens with zero attached hydrogens (tertiary/aromatic N) is 3. The smallest absolute Gasteiger partial charge is 0.251 e. The molecule has 0 radical (unpaired) electrons. The van der Waals surface area contributed by atoms with E-state index < -0.39 is 0 Å². The Hall–Kier alpha value is -3.47. The van der Waals surface area contributed by atoms with E-state index in [1.54, 1.807) is 6.20 Å². The van der Waals surface area contributed by atoms with Gasteiger partial charge in [-0.25, -0.2) is 9.97 Å². The van der Waals surface area contributed by atoms with Crippen molar-refractivity contribution in [3.05, 3.63) is 78.1 Å². The summed E-state index contributed by atoms with van der Waals surface area (Å²) in [6.45, 7) is 0.697. The van der Waals surface area contributed by atoms with Crippen LogP contribution < -0.4 is 5.32 Å². The van der Waals surface area contributed by atoms with Gasteiger partial charge in [-0.05, 0) is 36.2 Å². The lowest BCUT2D eigenvalue weighted by Crippen LogP contribution is -2.31. The van der Waals surface area contributed by atoms with Crippen LogP contribution in [0.2, 0.25) is 0 Å². The first-order valence-corrected chi connectivity index (χ1v) is 8.61. The highest BCUT2D eigenvalue weighted by atomic mass is 16.1. The molecule has 2 aromatic carbocycles. The normalized spacial score (nSPS) is 13.5. The first-order chi connectivity index (χ1) is 12.8. The van der Waals surface area contributed by atoms with Gasteiger partial charge in [-0.2, -0.15) is 0 Å². The van der Waals surface area contributed by atoms with E-state index in [1.165, 1.54) is 0 Å². The minimum absolute atomic E-state index is 0.0152. The fraction of sp³-hybridized carbons (Fsp3) is 0.0952. The molecule has 0 atom stereocenters. The van der Waals surface area contributed by atoms with E-state index in [9.17, 15) is 4.79 Å². The molecule has 5 nitrogen and oxygen atoms in total. The maximum absolute atomic E-state index is 12.2. The summed E-state index contributed by atoms with van der Waals surface area (Å²) in [6, 6.07) is 18.0. The van der Waals surface area contributed by atoms with Crippen molar-refractivity contribution in [3.63, 3.8) is 0 Å². The number of amides is 1. The molecule has 126 valence electrons. The van der Waals surface area contributed by atoms with Gasteiger partial charge in [-0.1, -0.05) is 30.3 Å². The fourth-order valence-corrected chi connectivity index (χ4v) is 3.44. The highest BCUT2D eigenvalue weighted by Gasteiger charge is 2.18. The summed E-state index contributed by atoms with van der Waals surface area (Å²) < 4.78 is 1.97. The molecule has 0 spiro atoms. The van der Waals surface area contributed by atoms with Gasteiger partial charge in [0.2, 0.25) is 0 Å². The van der Waals surface area contributed by atoms with Crippen molar-refractivity contribution in [1.29, 1.82) is 0 Å². The van der Waals surface area contributed by atoms with Gasteiger partial charge in [-0.15, -0.1) is 0 Å². The Bertz CT molecular complexity index is 1150. The third-order valence-corrected chi connectivity index (χ3v) is 4.76. The maximum atomic E-state index is 12.2. The van der Waals surface area contributed by atoms with E-state index >= 15 is 0 Å². The Morgan fingerprint density at radius 2 is 1.96 bits per heavy atom. The van der Waals surface area contributed by atoms with Gasteiger partial charge in [0.15, 0.2) is 5.82 Å². The zero-order valence-electron chi connectivity index (χ0n) is 14.0. The highest BCUT2D eigenvalue weighted by Crippen LogP contribution is 2.25. The highest BCUT2D eigenvalue weighted by molar-refractivity contribution is 5.97. The van der Waals surface area contributed by atoms with Crippen molar-refractivity contribution in [3.8, 4) is 17.2 Å². The molecule has 3 heterocycles. The largest absolute Gasteiger partial charge is 0.352 e. The number of hydrogen-bond acceptors (Lipinski definition) is 3. The maximum Gasteiger partial charge on any atom is 0.251 e. The zero-order valence-corrected chi connectivity index (χ0v) is 14.0. The Balaban J connectivity index is 1.63. The molecule has 1 amide bonds. The predicted octanol–water partition coefficient (Wildman–Crippen LogP) is 3.37. The molecule has 0 fully saturated rings. The number of carbonyl (C=O) groups excluding carboxylic acids is 1. The van der Waals surface area contributed by atoms with E-state index in [0.717, 1.165) is 45.7 Å². The van der Waals surface area contributed by atoms with Gasteiger partial charge in [0, 0.05) is 35.6 Å². The van der Waals surface area contributed by atoms with Crippen LogP contribution in [0.15, 0.2) is 67.0 Å². The molecule has 26 heavy (non-hydrogen) atoms. The van der Waals surface area contributed by atoms with Gasteiger partial charge in [0.05, 0.1) is 5.52 Å². The second-order valence-electron chi connectivity index (χ2n) is 6.36. The quantitative estimate of drug-likeness (QED) is 0.609. The number of carbonyl (C=O) groups is 1. The molecule has 5 heteroatoms. The summed E-state index contributed by atoms with van der Waals surface area (Å²) in [6.07, 6.45) is 4.52. The molecule has 0 unspecified atom stereocenters. The van der Waals surface area contributed by atoms with Crippen LogP contribution >= 0.6 is 0 Å². The van der Waals surface area contributed by atoms with E-state index in [0.29, 0.717) is 6.54 Å². The van der Waals surface area contributed by atoms with Crippen molar-refractivity contribution in [2.24, 2.45) is 0 Å². The number of benzene rings is 2. The summed E-state index contributed by atoms with van der Waals surface area (Å²) in [5.41, 5.74) is 4.46. The molecule has 1 aliphatic rings. The SMILES string of the molecule is O=C1NCCc2ccc(-n3ccnc3-c3ccc4ccccc4n3)cc21. The molecule has 0 saturated carbocycles. The number of para-hydroxylation sites is 1. The van der Waals surface area contributed by atoms with Crippen molar-refractivity contribution in [2.45, 2.75) is 6.42 Å². The number of hydrogen-bond donors (Lipinski definition) is 1. The summed E-state index contributed by atoms with van der Waals surface area (Å²) in [5, 5.41) is 4.00. The van der Waals surface area contributed by atoms with Gasteiger partial charge in [0.1, 0.15) is 5.69 Å². The van der Waals surface area contributed by atoms with E-state index in [-0.39, 0.29) is 5.91 Å². The number of imidazole rings is 1. The Labute approximate surface area is 150 Å². The fourth-order valence-electron chi connectivity index (χ4n) is 3.44. The van der Waals surface area contributed by atoms with Crippen LogP contribution in [-0.4, -0.2) is 27.0 Å². The Morgan fingerprint density at radius 1 is 1.04 bits per heavy atom. The number of fused-ring (bicyclic) bond motifs is 2. The van der Waals surface area contributed by atoms with Gasteiger partial charge < -0.3 is 5.32 Å². The van der Waals surface area contributed by atoms with Crippen molar-refractivity contribution >= 4 is 16.8 Å². The van der Waals surface area contributed by atoms with E-state index in [1.807, 2.05) is 59.3 Å². The number of nitrogens with one attached hydrogen (secondary N) is 1. The van der Waals surface area contributed by atoms with Crippen LogP contribution in [0.4, 0.5) is 0 Å². The monoisotopic (exact) mass is 340 g/mol. The third kappa shape index (κ3) is 2.37. The lowest BCUT2D eigenvalue weighted by atomic mass is 10.00. The van der Waals surface area contributed by atoms with Crippen LogP contribution in [0.25, 0.3) is 28.1 Å². The molecular formula is C21H16N4O. The molecule has 1 aliphatic heterocycles. The molecule has 2 aromatic heterocycles. The molecule has 0 bridgehead atoms. The van der Waals surface area contributed by atoms with Gasteiger partial charge in [0.25, 0.3) is 5.91 Å². The topological polar surface area (TPSA) is 59.8 Å². The molecule has 1 N–H and O–H groups in total. The predicted molar refractivity (Wildman–Crippen MR) is 100 cm³/mol. The summed E-state index contributed by atoms with van der Waals surface area (Å²) in [4.78, 5) is 21.4. The zero-order chi connectivity index (χ0) is 17.5. The van der Waals surface area contributed by atoms with Crippen LogP contribution in [0.1, 0.15) is 15.9 Å². The second kappa shape index (κ2) is 5.81. The van der Waals surface area contributed by atoms with E-state index in [4.69, 9.17) is 4.98 Å². The van der Waals surface area contributed by atoms with Crippen LogP contribution in [0.3, 0.4) is 0 Å². The van der Waals surface area contributed by atoms with Crippen molar-refractivity contribution < 1.29 is 4.79 Å². The standard InChI is InChI=1S/C21H16N4O/c26-21-17-13-16(7-5-14(17)9-10-23-21)25-12-11-22-20(25)19-8-6-15-3-1-2-4-18(15)24-19/h1-8,11-13H,9-10H2,(H,23,26). The minimum atomic E-state index is -0.0152.